The number of nitrogens with one attached hydrogen (secondary N) is 1. The zero-order valence-electron chi connectivity index (χ0n) is 9.34. The fraction of sp³-hybridized carbons (Fsp3) is 1.00. The van der Waals surface area contributed by atoms with E-state index in [2.05, 4.69) is 5.32 Å². The fourth-order valence-corrected chi connectivity index (χ4v) is 1.32. The highest BCUT2D eigenvalue weighted by molar-refractivity contribution is 4.75. The Morgan fingerprint density at radius 1 is 0.812 bits per heavy atom. The van der Waals surface area contributed by atoms with Gasteiger partial charge in [0.05, 0.1) is 0 Å². The first-order chi connectivity index (χ1) is 7.31. The quantitative estimate of drug-likeness (QED) is 0.509. The molecule has 1 nitrogen and oxygen atoms in total. The lowest BCUT2D eigenvalue weighted by atomic mass is 10.1. The molecular weight excluding hydrogens is 229 g/mol. The average Bonchev–Trinajstić information content (AvgIpc) is 2.14. The van der Waals surface area contributed by atoms with Crippen LogP contribution in [0, 0.1) is 0 Å². The van der Waals surface area contributed by atoms with Gasteiger partial charge in [0.2, 0.25) is 0 Å². The molecule has 6 heteroatoms. The molecule has 0 aliphatic rings. The van der Waals surface area contributed by atoms with Crippen molar-refractivity contribution >= 4 is 0 Å². The van der Waals surface area contributed by atoms with Gasteiger partial charge in [-0.1, -0.05) is 19.3 Å². The fourth-order valence-electron chi connectivity index (χ4n) is 1.32. The summed E-state index contributed by atoms with van der Waals surface area (Å²) in [5.41, 5.74) is 0. The number of hydrogen-bond donors (Lipinski definition) is 1. The Morgan fingerprint density at radius 2 is 1.31 bits per heavy atom. The lowest BCUT2D eigenvalue weighted by Gasteiger charge is -2.19. The molecule has 1 N–H and O–H groups in total. The van der Waals surface area contributed by atoms with Crippen molar-refractivity contribution in [3.8, 4) is 0 Å². The van der Waals surface area contributed by atoms with Crippen LogP contribution in [-0.4, -0.2) is 25.7 Å². The van der Waals surface area contributed by atoms with Gasteiger partial charge in [-0.05, 0) is 26.4 Å². The monoisotopic (exact) mass is 247 g/mol. The Morgan fingerprint density at radius 3 is 1.81 bits per heavy atom. The summed E-state index contributed by atoms with van der Waals surface area (Å²) in [5.74, 6) is -4.53. The molecule has 0 aromatic heterocycles. The van der Waals surface area contributed by atoms with E-state index in [4.69, 9.17) is 0 Å². The average molecular weight is 247 g/mol. The number of rotatable bonds is 8. The highest BCUT2D eigenvalue weighted by Crippen LogP contribution is 2.39. The zero-order chi connectivity index (χ0) is 12.7. The summed E-state index contributed by atoms with van der Waals surface area (Å²) in [7, 11) is 1.81. The van der Waals surface area contributed by atoms with Gasteiger partial charge < -0.3 is 5.32 Å². The molecule has 0 aliphatic heterocycles. The van der Waals surface area contributed by atoms with Crippen LogP contribution in [0.25, 0.3) is 0 Å². The van der Waals surface area contributed by atoms with E-state index in [1.165, 1.54) is 0 Å². The molecule has 0 fully saturated rings. The summed E-state index contributed by atoms with van der Waals surface area (Å²) in [6, 6.07) is 0. The van der Waals surface area contributed by atoms with E-state index in [1.807, 2.05) is 7.05 Å². The van der Waals surface area contributed by atoms with E-state index in [9.17, 15) is 22.0 Å². The smallest absolute Gasteiger partial charge is 0.320 e. The van der Waals surface area contributed by atoms with Crippen LogP contribution in [0.1, 0.15) is 38.5 Å². The van der Waals surface area contributed by atoms with Gasteiger partial charge >= 0.3 is 12.1 Å². The SMILES string of the molecule is CNCCCCCCCC(F)(F)C(F)(F)F. The van der Waals surface area contributed by atoms with Crippen LogP contribution in [0.5, 0.6) is 0 Å². The topological polar surface area (TPSA) is 12.0 Å². The van der Waals surface area contributed by atoms with E-state index in [0.717, 1.165) is 19.4 Å². The zero-order valence-corrected chi connectivity index (χ0v) is 9.34. The van der Waals surface area contributed by atoms with Gasteiger partial charge in [-0.15, -0.1) is 0 Å². The minimum Gasteiger partial charge on any atom is -0.320 e. The van der Waals surface area contributed by atoms with Gasteiger partial charge in [-0.3, -0.25) is 0 Å². The predicted molar refractivity (Wildman–Crippen MR) is 52.6 cm³/mol. The summed E-state index contributed by atoms with van der Waals surface area (Å²) >= 11 is 0. The maximum Gasteiger partial charge on any atom is 0.453 e. The predicted octanol–water partition coefficient (Wildman–Crippen LogP) is 3.74. The Balaban J connectivity index is 3.51. The van der Waals surface area contributed by atoms with E-state index in [0.29, 0.717) is 12.8 Å². The molecule has 0 spiro atoms. The first-order valence-corrected chi connectivity index (χ1v) is 5.40. The van der Waals surface area contributed by atoms with E-state index in [1.54, 1.807) is 0 Å². The van der Waals surface area contributed by atoms with Gasteiger partial charge in [0.15, 0.2) is 0 Å². The van der Waals surface area contributed by atoms with Crippen LogP contribution in [0.15, 0.2) is 0 Å². The number of alkyl halides is 5. The number of halogens is 5. The minimum absolute atomic E-state index is 0.0773. The molecule has 0 rings (SSSR count). The molecule has 98 valence electrons. The summed E-state index contributed by atoms with van der Waals surface area (Å²) in [4.78, 5) is 0. The molecule has 0 bridgehead atoms. The Kier molecular flexibility index (Phi) is 6.87. The van der Waals surface area contributed by atoms with Crippen LogP contribution in [0.4, 0.5) is 22.0 Å². The van der Waals surface area contributed by atoms with Crippen LogP contribution < -0.4 is 5.32 Å². The molecule has 0 aromatic carbocycles. The van der Waals surface area contributed by atoms with Crippen molar-refractivity contribution in [2.45, 2.75) is 50.6 Å². The van der Waals surface area contributed by atoms with Crippen molar-refractivity contribution in [2.75, 3.05) is 13.6 Å². The van der Waals surface area contributed by atoms with E-state index < -0.39 is 18.5 Å². The summed E-state index contributed by atoms with van der Waals surface area (Å²) < 4.78 is 60.1. The van der Waals surface area contributed by atoms with Crippen molar-refractivity contribution in [3.05, 3.63) is 0 Å². The highest BCUT2D eigenvalue weighted by atomic mass is 19.4. The first-order valence-electron chi connectivity index (χ1n) is 5.40. The lowest BCUT2D eigenvalue weighted by Crippen LogP contribution is -2.36. The summed E-state index contributed by atoms with van der Waals surface area (Å²) in [6.45, 7) is 0.846. The maximum absolute atomic E-state index is 12.4. The maximum atomic E-state index is 12.4. The summed E-state index contributed by atoms with van der Waals surface area (Å²) in [6.07, 6.45) is -3.66. The first kappa shape index (κ1) is 15.6. The molecule has 0 aliphatic carbocycles. The largest absolute Gasteiger partial charge is 0.453 e. The Hall–Kier alpha value is -0.390. The Labute approximate surface area is 92.4 Å². The molecule has 0 amide bonds. The van der Waals surface area contributed by atoms with Crippen LogP contribution in [0.3, 0.4) is 0 Å². The number of hydrogen-bond acceptors (Lipinski definition) is 1. The van der Waals surface area contributed by atoms with Crippen molar-refractivity contribution in [2.24, 2.45) is 0 Å². The van der Waals surface area contributed by atoms with Gasteiger partial charge in [0, 0.05) is 6.42 Å². The van der Waals surface area contributed by atoms with Gasteiger partial charge in [0.1, 0.15) is 0 Å². The third kappa shape index (κ3) is 6.25. The molecule has 0 radical (unpaired) electrons. The molecule has 0 saturated carbocycles. The summed E-state index contributed by atoms with van der Waals surface area (Å²) in [5, 5.41) is 2.93. The van der Waals surface area contributed by atoms with E-state index >= 15 is 0 Å². The molecule has 0 aromatic rings. The molecule has 0 unspecified atom stereocenters. The second kappa shape index (κ2) is 7.04. The number of unbranched alkanes of at least 4 members (excludes halogenated alkanes) is 4. The van der Waals surface area contributed by atoms with Crippen molar-refractivity contribution in [3.63, 3.8) is 0 Å². The van der Waals surface area contributed by atoms with E-state index in [-0.39, 0.29) is 6.42 Å². The van der Waals surface area contributed by atoms with Gasteiger partial charge in [-0.2, -0.15) is 22.0 Å². The third-order valence-electron chi connectivity index (χ3n) is 2.33. The van der Waals surface area contributed by atoms with Gasteiger partial charge in [-0.25, -0.2) is 0 Å². The van der Waals surface area contributed by atoms with Gasteiger partial charge in [0.25, 0.3) is 0 Å². The molecular formula is C10H18F5N. The van der Waals surface area contributed by atoms with Crippen molar-refractivity contribution < 1.29 is 22.0 Å². The standard InChI is InChI=1S/C10H18F5N/c1-16-8-6-4-2-3-5-7-9(11,12)10(13,14)15/h16H,2-8H2,1H3. The molecule has 0 heterocycles. The Bertz CT molecular complexity index is 179. The molecule has 0 atom stereocenters. The van der Waals surface area contributed by atoms with Crippen molar-refractivity contribution in [1.82, 2.24) is 5.32 Å². The third-order valence-corrected chi connectivity index (χ3v) is 2.33. The second-order valence-corrected chi connectivity index (χ2v) is 3.82. The normalized spacial score (nSPS) is 13.1. The van der Waals surface area contributed by atoms with Crippen molar-refractivity contribution in [1.29, 1.82) is 0 Å². The van der Waals surface area contributed by atoms with Crippen LogP contribution >= 0.6 is 0 Å². The molecule has 0 saturated heterocycles. The second-order valence-electron chi connectivity index (χ2n) is 3.82. The minimum atomic E-state index is -5.40. The van der Waals surface area contributed by atoms with Crippen LogP contribution in [-0.2, 0) is 0 Å². The van der Waals surface area contributed by atoms with Crippen LogP contribution in [0.2, 0.25) is 0 Å². The highest BCUT2D eigenvalue weighted by Gasteiger charge is 2.56. The lowest BCUT2D eigenvalue weighted by molar-refractivity contribution is -0.284. The molecule has 16 heavy (non-hydrogen) atoms.